The molecule has 5 aromatic rings. The summed E-state index contributed by atoms with van der Waals surface area (Å²) in [6, 6.07) is 20.1. The minimum atomic E-state index is -0.614. The van der Waals surface area contributed by atoms with E-state index >= 15 is 0 Å². The molecule has 0 fully saturated rings. The predicted octanol–water partition coefficient (Wildman–Crippen LogP) is 11.4. The minimum Gasteiger partial charge on any atom is -0.507 e. The van der Waals surface area contributed by atoms with E-state index in [1.165, 1.54) is 0 Å². The van der Waals surface area contributed by atoms with Gasteiger partial charge in [0.15, 0.2) is 0 Å². The molecule has 0 bridgehead atoms. The number of hydrogen-bond donors (Lipinski definition) is 6. The number of allylic oxidation sites excluding steroid dienone is 3. The van der Waals surface area contributed by atoms with Crippen molar-refractivity contribution >= 4 is 0 Å². The highest BCUT2D eigenvalue weighted by Crippen LogP contribution is 2.42. The third-order valence-electron chi connectivity index (χ3n) is 11.7. The lowest BCUT2D eigenvalue weighted by atomic mass is 9.74. The molecule has 6 nitrogen and oxygen atoms in total. The average Bonchev–Trinajstić information content (AvgIpc) is 3.14. The Bertz CT molecular complexity index is 2260. The number of phenolic OH excluding ortho intramolecular Hbond substituents is 5. The first-order chi connectivity index (χ1) is 27.2. The van der Waals surface area contributed by atoms with Crippen molar-refractivity contribution in [1.82, 2.24) is 0 Å². The number of phenols is 5. The summed E-state index contributed by atoms with van der Waals surface area (Å²) in [4.78, 5) is 0. The summed E-state index contributed by atoms with van der Waals surface area (Å²) >= 11 is 0. The van der Waals surface area contributed by atoms with Gasteiger partial charge in [-0.1, -0.05) is 93.6 Å². The SMILES string of the molecule is CC/C=C(\C=C(\C)C(C)O)Cc1cc(C(C)(C)c2cc(Cc3cc(C)c(O)c(C)c3)c(O)c(Cc3cc(C)c(O)c(C)c3)c2)cc(Cc2cc(C)c(O)c(C)c2)c1O. The molecule has 58 heavy (non-hydrogen) atoms. The molecule has 1 atom stereocenters. The normalized spacial score (nSPS) is 13.0. The molecule has 6 heteroatoms. The maximum Gasteiger partial charge on any atom is 0.122 e. The van der Waals surface area contributed by atoms with Crippen molar-refractivity contribution in [3.8, 4) is 28.7 Å². The zero-order valence-corrected chi connectivity index (χ0v) is 36.2. The van der Waals surface area contributed by atoms with E-state index in [9.17, 15) is 30.6 Å². The van der Waals surface area contributed by atoms with E-state index in [0.29, 0.717) is 25.7 Å². The monoisotopic (exact) mass is 782 g/mol. The fourth-order valence-corrected chi connectivity index (χ4v) is 8.13. The van der Waals surface area contributed by atoms with Gasteiger partial charge in [-0.15, -0.1) is 0 Å². The molecule has 0 spiro atoms. The molecule has 0 radical (unpaired) electrons. The van der Waals surface area contributed by atoms with Crippen LogP contribution in [0, 0.1) is 41.5 Å². The molecular formula is C52H62O6. The highest BCUT2D eigenvalue weighted by atomic mass is 16.3. The van der Waals surface area contributed by atoms with E-state index < -0.39 is 11.5 Å². The van der Waals surface area contributed by atoms with E-state index in [2.05, 4.69) is 51.1 Å². The van der Waals surface area contributed by atoms with Crippen LogP contribution >= 0.6 is 0 Å². The van der Waals surface area contributed by atoms with Gasteiger partial charge in [0.05, 0.1) is 6.10 Å². The molecule has 0 amide bonds. The van der Waals surface area contributed by atoms with Gasteiger partial charge >= 0.3 is 0 Å². The second-order valence-electron chi connectivity index (χ2n) is 17.1. The largest absolute Gasteiger partial charge is 0.507 e. The first kappa shape index (κ1) is 43.7. The fraction of sp³-hybridized carbons (Fsp3) is 0.346. The summed E-state index contributed by atoms with van der Waals surface area (Å²) in [5.74, 6) is 1.24. The Morgan fingerprint density at radius 2 is 0.845 bits per heavy atom. The lowest BCUT2D eigenvalue weighted by Crippen LogP contribution is -2.21. The van der Waals surface area contributed by atoms with Gasteiger partial charge < -0.3 is 30.6 Å². The summed E-state index contributed by atoms with van der Waals surface area (Å²) in [5.41, 5.74) is 13.9. The molecule has 1 unspecified atom stereocenters. The van der Waals surface area contributed by atoms with Gasteiger partial charge in [-0.2, -0.15) is 0 Å². The Labute approximate surface area is 345 Å². The first-order valence-corrected chi connectivity index (χ1v) is 20.3. The molecule has 0 aliphatic carbocycles. The van der Waals surface area contributed by atoms with Gasteiger partial charge in [0.25, 0.3) is 0 Å². The van der Waals surface area contributed by atoms with Crippen LogP contribution in [0.25, 0.3) is 0 Å². The molecule has 0 aliphatic heterocycles. The van der Waals surface area contributed by atoms with Crippen molar-refractivity contribution in [2.45, 2.75) is 120 Å². The zero-order chi connectivity index (χ0) is 42.8. The maximum absolute atomic E-state index is 12.0. The quantitative estimate of drug-likeness (QED) is 0.0662. The van der Waals surface area contributed by atoms with Crippen molar-refractivity contribution in [1.29, 1.82) is 0 Å². The van der Waals surface area contributed by atoms with Crippen LogP contribution in [-0.2, 0) is 31.1 Å². The summed E-state index contributed by atoms with van der Waals surface area (Å²) in [6.07, 6.45) is 6.14. The smallest absolute Gasteiger partial charge is 0.122 e. The molecule has 0 aromatic heterocycles. The molecule has 306 valence electrons. The van der Waals surface area contributed by atoms with E-state index in [0.717, 1.165) is 101 Å². The molecule has 0 saturated heterocycles. The first-order valence-electron chi connectivity index (χ1n) is 20.3. The van der Waals surface area contributed by atoms with Crippen molar-refractivity contribution in [3.63, 3.8) is 0 Å². The van der Waals surface area contributed by atoms with Crippen LogP contribution in [0.1, 0.15) is 124 Å². The van der Waals surface area contributed by atoms with E-state index in [1.807, 2.05) is 90.9 Å². The summed E-state index contributed by atoms with van der Waals surface area (Å²) < 4.78 is 0. The van der Waals surface area contributed by atoms with E-state index in [4.69, 9.17) is 0 Å². The van der Waals surface area contributed by atoms with Gasteiger partial charge in [-0.25, -0.2) is 0 Å². The van der Waals surface area contributed by atoms with Crippen LogP contribution in [0.4, 0.5) is 0 Å². The van der Waals surface area contributed by atoms with E-state index in [-0.39, 0.29) is 28.7 Å². The van der Waals surface area contributed by atoms with Gasteiger partial charge in [0, 0.05) is 31.1 Å². The van der Waals surface area contributed by atoms with Gasteiger partial charge in [0.2, 0.25) is 0 Å². The lowest BCUT2D eigenvalue weighted by molar-refractivity contribution is 0.231. The molecule has 0 saturated carbocycles. The average molecular weight is 783 g/mol. The Morgan fingerprint density at radius 3 is 1.16 bits per heavy atom. The second-order valence-corrected chi connectivity index (χ2v) is 17.1. The Kier molecular flexibility index (Phi) is 13.2. The van der Waals surface area contributed by atoms with E-state index in [1.54, 1.807) is 6.92 Å². The third kappa shape index (κ3) is 9.62. The number of aliphatic hydroxyl groups is 1. The highest BCUT2D eigenvalue weighted by Gasteiger charge is 2.29. The minimum absolute atomic E-state index is 0.214. The van der Waals surface area contributed by atoms with Crippen LogP contribution in [0.15, 0.2) is 84.0 Å². The number of aromatic hydroxyl groups is 5. The Balaban J connectivity index is 1.73. The summed E-state index contributed by atoms with van der Waals surface area (Å²) in [5, 5.41) is 66.0. The number of aliphatic hydroxyl groups excluding tert-OH is 1. The van der Waals surface area contributed by atoms with Crippen molar-refractivity contribution in [2.75, 3.05) is 0 Å². The molecule has 0 heterocycles. The van der Waals surface area contributed by atoms with Crippen LogP contribution in [0.5, 0.6) is 28.7 Å². The molecule has 5 aromatic carbocycles. The molecular weight excluding hydrogens is 721 g/mol. The number of aryl methyl sites for hydroxylation is 6. The van der Waals surface area contributed by atoms with Crippen LogP contribution in [-0.4, -0.2) is 36.7 Å². The number of benzene rings is 5. The van der Waals surface area contributed by atoms with Gasteiger partial charge in [-0.3, -0.25) is 0 Å². The highest BCUT2D eigenvalue weighted by molar-refractivity contribution is 5.57. The second kappa shape index (κ2) is 17.6. The van der Waals surface area contributed by atoms with Crippen molar-refractivity contribution in [3.05, 3.63) is 167 Å². The van der Waals surface area contributed by atoms with Gasteiger partial charge in [-0.05, 0) is 156 Å². The van der Waals surface area contributed by atoms with Gasteiger partial charge in [0.1, 0.15) is 28.7 Å². The zero-order valence-electron chi connectivity index (χ0n) is 36.2. The van der Waals surface area contributed by atoms with Crippen LogP contribution in [0.2, 0.25) is 0 Å². The van der Waals surface area contributed by atoms with Crippen molar-refractivity contribution in [2.24, 2.45) is 0 Å². The standard InChI is InChI=1S/C52H62O6/c1-12-13-37(14-29(2)36(9)53)21-41-25-45(26-42(50(41)57)22-38-15-30(3)47(54)31(4)16-38)52(10,11)46-27-43(23-39-17-32(5)48(55)33(6)18-39)51(58)44(28-46)24-40-19-34(7)49(56)35(8)20-40/h13-20,25-28,36,53-58H,12,21-24H2,1-11H3/b29-14-,37-13+. The number of hydrogen-bond acceptors (Lipinski definition) is 6. The Morgan fingerprint density at radius 1 is 0.534 bits per heavy atom. The lowest BCUT2D eigenvalue weighted by Gasteiger charge is -2.30. The van der Waals surface area contributed by atoms with Crippen LogP contribution < -0.4 is 0 Å². The maximum atomic E-state index is 12.0. The molecule has 0 aliphatic rings. The number of rotatable bonds is 13. The summed E-state index contributed by atoms with van der Waals surface area (Å²) in [7, 11) is 0. The summed E-state index contributed by atoms with van der Waals surface area (Å²) in [6.45, 7) is 21.4. The predicted molar refractivity (Wildman–Crippen MR) is 237 cm³/mol. The van der Waals surface area contributed by atoms with Crippen molar-refractivity contribution < 1.29 is 30.6 Å². The molecule has 5 rings (SSSR count). The van der Waals surface area contributed by atoms with Crippen LogP contribution in [0.3, 0.4) is 0 Å². The third-order valence-corrected chi connectivity index (χ3v) is 11.7. The fourth-order valence-electron chi connectivity index (χ4n) is 8.13. The topological polar surface area (TPSA) is 121 Å². The molecule has 6 N–H and O–H groups in total. The Hall–Kier alpha value is -5.46.